The predicted molar refractivity (Wildman–Crippen MR) is 65.1 cm³/mol. The van der Waals surface area contributed by atoms with Gasteiger partial charge in [0.1, 0.15) is 5.69 Å². The second-order valence-electron chi connectivity index (χ2n) is 3.69. The molecule has 0 amide bonds. The number of aromatic nitrogens is 2. The fourth-order valence-electron chi connectivity index (χ4n) is 1.62. The number of ether oxygens (including phenoxy) is 2. The van der Waals surface area contributed by atoms with Crippen LogP contribution in [0.4, 0.5) is 17.2 Å². The normalized spacial score (nSPS) is 12.4. The zero-order valence-electron chi connectivity index (χ0n) is 9.27. The number of nitrogen functional groups attached to an aromatic ring is 1. The van der Waals surface area contributed by atoms with E-state index in [0.717, 1.165) is 0 Å². The van der Waals surface area contributed by atoms with E-state index in [1.54, 1.807) is 18.2 Å². The number of rotatable bonds is 2. The summed E-state index contributed by atoms with van der Waals surface area (Å²) in [5.74, 6) is 1.63. The van der Waals surface area contributed by atoms with Crippen LogP contribution in [0.5, 0.6) is 11.5 Å². The van der Waals surface area contributed by atoms with Gasteiger partial charge in [0, 0.05) is 11.8 Å². The van der Waals surface area contributed by atoms with Crippen LogP contribution in [-0.2, 0) is 0 Å². The number of aromatic amines is 1. The van der Waals surface area contributed by atoms with Gasteiger partial charge in [0.2, 0.25) is 6.79 Å². The summed E-state index contributed by atoms with van der Waals surface area (Å²) in [7, 11) is 0. The molecule has 1 aliphatic rings. The number of hydrogen-bond donors (Lipinski definition) is 3. The molecule has 0 fully saturated rings. The summed E-state index contributed by atoms with van der Waals surface area (Å²) in [6, 6.07) is 5.31. The largest absolute Gasteiger partial charge is 0.454 e. The number of anilines is 3. The topological polar surface area (TPSA) is 102 Å². The van der Waals surface area contributed by atoms with Crippen molar-refractivity contribution in [1.82, 2.24) is 9.97 Å². The van der Waals surface area contributed by atoms with Crippen LogP contribution in [0, 0.1) is 0 Å². The minimum Gasteiger partial charge on any atom is -0.454 e. The van der Waals surface area contributed by atoms with Crippen molar-refractivity contribution < 1.29 is 9.47 Å². The predicted octanol–water partition coefficient (Wildman–Crippen LogP) is 0.824. The molecule has 2 aromatic rings. The van der Waals surface area contributed by atoms with Gasteiger partial charge in [-0.05, 0) is 12.1 Å². The fraction of sp³-hybridized carbons (Fsp3) is 0.0909. The van der Waals surface area contributed by atoms with Crippen molar-refractivity contribution in [3.05, 3.63) is 34.9 Å². The first-order valence-corrected chi connectivity index (χ1v) is 5.24. The molecule has 18 heavy (non-hydrogen) atoms. The standard InChI is InChI=1S/C11H10N4O3/c12-9-10(13-4-14-11(9)16)15-6-1-2-7-8(3-6)18-5-17-7/h1-4H,5,12H2,(H2,13,14,15,16). The van der Waals surface area contributed by atoms with Crippen LogP contribution in [0.2, 0.25) is 0 Å². The molecule has 0 spiro atoms. The number of benzene rings is 1. The second-order valence-corrected chi connectivity index (χ2v) is 3.69. The molecule has 0 saturated heterocycles. The summed E-state index contributed by atoms with van der Waals surface area (Å²) in [5.41, 5.74) is 5.99. The van der Waals surface area contributed by atoms with Crippen molar-refractivity contribution in [2.75, 3.05) is 17.8 Å². The van der Waals surface area contributed by atoms with Crippen LogP contribution in [0.3, 0.4) is 0 Å². The first-order valence-electron chi connectivity index (χ1n) is 5.24. The van der Waals surface area contributed by atoms with E-state index in [1.165, 1.54) is 6.33 Å². The summed E-state index contributed by atoms with van der Waals surface area (Å²) < 4.78 is 10.5. The lowest BCUT2D eigenvalue weighted by atomic mass is 10.2. The molecule has 1 aromatic carbocycles. The van der Waals surface area contributed by atoms with Gasteiger partial charge in [-0.3, -0.25) is 4.79 Å². The molecule has 4 N–H and O–H groups in total. The van der Waals surface area contributed by atoms with Crippen LogP contribution >= 0.6 is 0 Å². The van der Waals surface area contributed by atoms with E-state index < -0.39 is 0 Å². The molecule has 92 valence electrons. The maximum absolute atomic E-state index is 11.3. The van der Waals surface area contributed by atoms with E-state index >= 15 is 0 Å². The smallest absolute Gasteiger partial charge is 0.276 e. The minimum atomic E-state index is -0.381. The lowest BCUT2D eigenvalue weighted by molar-refractivity contribution is 0.174. The highest BCUT2D eigenvalue weighted by Gasteiger charge is 2.14. The van der Waals surface area contributed by atoms with Gasteiger partial charge in [0.25, 0.3) is 5.56 Å². The molecule has 3 rings (SSSR count). The summed E-state index contributed by atoms with van der Waals surface area (Å²) in [6.07, 6.45) is 1.29. The van der Waals surface area contributed by atoms with Gasteiger partial charge in [-0.1, -0.05) is 0 Å². The Kier molecular flexibility index (Phi) is 2.30. The summed E-state index contributed by atoms with van der Waals surface area (Å²) in [4.78, 5) is 17.7. The van der Waals surface area contributed by atoms with Crippen molar-refractivity contribution >= 4 is 17.2 Å². The van der Waals surface area contributed by atoms with Crippen molar-refractivity contribution in [2.24, 2.45) is 0 Å². The van der Waals surface area contributed by atoms with Crippen LogP contribution in [-0.4, -0.2) is 16.8 Å². The van der Waals surface area contributed by atoms with Crippen LogP contribution < -0.4 is 26.1 Å². The number of nitrogens with two attached hydrogens (primary N) is 1. The van der Waals surface area contributed by atoms with Crippen LogP contribution in [0.15, 0.2) is 29.3 Å². The zero-order chi connectivity index (χ0) is 12.5. The van der Waals surface area contributed by atoms with Gasteiger partial charge in [-0.2, -0.15) is 0 Å². The van der Waals surface area contributed by atoms with E-state index in [1.807, 2.05) is 0 Å². The third-order valence-corrected chi connectivity index (χ3v) is 2.52. The molecule has 0 radical (unpaired) electrons. The first kappa shape index (κ1) is 10.5. The van der Waals surface area contributed by atoms with Crippen LogP contribution in [0.1, 0.15) is 0 Å². The third-order valence-electron chi connectivity index (χ3n) is 2.52. The molecular formula is C11H10N4O3. The Morgan fingerprint density at radius 1 is 1.33 bits per heavy atom. The molecule has 7 heteroatoms. The number of nitrogens with one attached hydrogen (secondary N) is 2. The number of H-pyrrole nitrogens is 1. The number of hydrogen-bond acceptors (Lipinski definition) is 6. The molecule has 1 aliphatic heterocycles. The third kappa shape index (κ3) is 1.71. The quantitative estimate of drug-likeness (QED) is 0.725. The molecule has 0 bridgehead atoms. The molecule has 0 saturated carbocycles. The van der Waals surface area contributed by atoms with Crippen molar-refractivity contribution in [3.8, 4) is 11.5 Å². The maximum atomic E-state index is 11.3. The van der Waals surface area contributed by atoms with Gasteiger partial charge < -0.3 is 25.5 Å². The van der Waals surface area contributed by atoms with Gasteiger partial charge in [0.05, 0.1) is 6.33 Å². The van der Waals surface area contributed by atoms with E-state index in [4.69, 9.17) is 15.2 Å². The highest BCUT2D eigenvalue weighted by molar-refractivity contribution is 5.69. The Morgan fingerprint density at radius 2 is 2.17 bits per heavy atom. The van der Waals surface area contributed by atoms with Crippen LogP contribution in [0.25, 0.3) is 0 Å². The van der Waals surface area contributed by atoms with Crippen molar-refractivity contribution in [1.29, 1.82) is 0 Å². The van der Waals surface area contributed by atoms with Crippen molar-refractivity contribution in [3.63, 3.8) is 0 Å². The molecule has 0 atom stereocenters. The van der Waals surface area contributed by atoms with E-state index in [2.05, 4.69) is 15.3 Å². The molecule has 7 nitrogen and oxygen atoms in total. The highest BCUT2D eigenvalue weighted by Crippen LogP contribution is 2.35. The molecule has 0 unspecified atom stereocenters. The fourth-order valence-corrected chi connectivity index (χ4v) is 1.62. The summed E-state index contributed by atoms with van der Waals surface area (Å²) in [6.45, 7) is 0.212. The number of fused-ring (bicyclic) bond motifs is 1. The van der Waals surface area contributed by atoms with E-state index in [0.29, 0.717) is 23.0 Å². The molecular weight excluding hydrogens is 236 g/mol. The first-order chi connectivity index (χ1) is 8.74. The molecule has 0 aliphatic carbocycles. The monoisotopic (exact) mass is 246 g/mol. The van der Waals surface area contributed by atoms with Gasteiger partial charge in [-0.15, -0.1) is 0 Å². The Hall–Kier alpha value is -2.70. The van der Waals surface area contributed by atoms with Crippen molar-refractivity contribution in [2.45, 2.75) is 0 Å². The molecule has 2 heterocycles. The average molecular weight is 246 g/mol. The van der Waals surface area contributed by atoms with Gasteiger partial charge in [-0.25, -0.2) is 4.98 Å². The number of nitrogens with zero attached hydrogens (tertiary/aromatic N) is 1. The molecule has 1 aromatic heterocycles. The minimum absolute atomic E-state index is 0.0372. The Balaban J connectivity index is 1.93. The highest BCUT2D eigenvalue weighted by atomic mass is 16.7. The Labute approximate surface area is 102 Å². The summed E-state index contributed by atoms with van der Waals surface area (Å²) in [5, 5.41) is 2.95. The SMILES string of the molecule is Nc1c(Nc2ccc3c(c2)OCO3)nc[nH]c1=O. The maximum Gasteiger partial charge on any atom is 0.276 e. The van der Waals surface area contributed by atoms with E-state index in [9.17, 15) is 4.79 Å². The summed E-state index contributed by atoms with van der Waals surface area (Å²) >= 11 is 0. The zero-order valence-corrected chi connectivity index (χ0v) is 9.27. The lowest BCUT2D eigenvalue weighted by Gasteiger charge is -2.07. The Bertz CT molecular complexity index is 653. The second kappa shape index (κ2) is 3.95. The Morgan fingerprint density at radius 3 is 3.06 bits per heavy atom. The lowest BCUT2D eigenvalue weighted by Crippen LogP contribution is -2.14. The van der Waals surface area contributed by atoms with E-state index in [-0.39, 0.29) is 18.0 Å². The van der Waals surface area contributed by atoms with Gasteiger partial charge in [0.15, 0.2) is 17.3 Å². The average Bonchev–Trinajstić information content (AvgIpc) is 2.82. The van der Waals surface area contributed by atoms with Gasteiger partial charge >= 0.3 is 0 Å².